The Morgan fingerprint density at radius 2 is 2.42 bits per heavy atom. The number of aromatic nitrogens is 1. The molecule has 3 nitrogen and oxygen atoms in total. The number of rotatable bonds is 2. The third kappa shape index (κ3) is 1.78. The highest BCUT2D eigenvalue weighted by Crippen LogP contribution is 2.26. The zero-order valence-electron chi connectivity index (χ0n) is 6.33. The van der Waals surface area contributed by atoms with Crippen LogP contribution in [0.15, 0.2) is 9.98 Å². The number of nitrogens with one attached hydrogen (secondary N) is 1. The minimum atomic E-state index is -0.106. The molecule has 0 unspecified atom stereocenters. The summed E-state index contributed by atoms with van der Waals surface area (Å²) in [6.45, 7) is 0. The number of hydrogen-bond donors (Lipinski definition) is 2. The topological polar surface area (TPSA) is 45.1 Å². The van der Waals surface area contributed by atoms with Gasteiger partial charge >= 0.3 is 0 Å². The number of hydrogen-bond acceptors (Lipinski definition) is 4. The van der Waals surface area contributed by atoms with E-state index in [1.165, 1.54) is 0 Å². The van der Waals surface area contributed by atoms with Crippen molar-refractivity contribution in [1.29, 1.82) is 0 Å². The van der Waals surface area contributed by atoms with E-state index < -0.39 is 0 Å². The van der Waals surface area contributed by atoms with Crippen LogP contribution in [0.25, 0.3) is 0 Å². The summed E-state index contributed by atoms with van der Waals surface area (Å²) in [5, 5.41) is 15.2. The van der Waals surface area contributed by atoms with E-state index in [1.54, 1.807) is 11.3 Å². The maximum atomic E-state index is 9.04. The zero-order valence-corrected chi connectivity index (χ0v) is 8.73. The van der Waals surface area contributed by atoms with Gasteiger partial charge in [0.1, 0.15) is 4.60 Å². The summed E-state index contributed by atoms with van der Waals surface area (Å²) in [4.78, 5) is 4.20. The van der Waals surface area contributed by atoms with Crippen molar-refractivity contribution in [3.63, 3.8) is 0 Å². The Bertz CT molecular complexity index is 272. The molecule has 0 aromatic carbocycles. The van der Waals surface area contributed by atoms with Crippen LogP contribution in [-0.4, -0.2) is 22.2 Å². The lowest BCUT2D eigenvalue weighted by atomic mass is 9.90. The standard InChI is InChI=1S/C7H9BrN2OS/c8-6-3-12-7(10-6)9-4-1-5(11)2-4/h3-5,11H,1-2H2,(H,9,10). The molecule has 2 rings (SSSR count). The fourth-order valence-corrected chi connectivity index (χ4v) is 2.42. The van der Waals surface area contributed by atoms with E-state index in [0.717, 1.165) is 22.6 Å². The third-order valence-electron chi connectivity index (χ3n) is 1.92. The first-order valence-electron chi connectivity index (χ1n) is 3.79. The van der Waals surface area contributed by atoms with Crippen LogP contribution < -0.4 is 5.32 Å². The van der Waals surface area contributed by atoms with Crippen molar-refractivity contribution in [1.82, 2.24) is 4.98 Å². The first kappa shape index (κ1) is 8.47. The molecule has 0 aliphatic heterocycles. The predicted molar refractivity (Wildman–Crippen MR) is 52.5 cm³/mol. The maximum absolute atomic E-state index is 9.04. The quantitative estimate of drug-likeness (QED) is 0.840. The smallest absolute Gasteiger partial charge is 0.183 e. The van der Waals surface area contributed by atoms with Gasteiger partial charge in [-0.3, -0.25) is 0 Å². The number of anilines is 1. The van der Waals surface area contributed by atoms with E-state index in [0.29, 0.717) is 6.04 Å². The number of thiazole rings is 1. The van der Waals surface area contributed by atoms with E-state index in [9.17, 15) is 0 Å². The molecule has 1 saturated carbocycles. The minimum absolute atomic E-state index is 0.106. The fraction of sp³-hybridized carbons (Fsp3) is 0.571. The fourth-order valence-electron chi connectivity index (χ4n) is 1.20. The van der Waals surface area contributed by atoms with Crippen LogP contribution in [0.3, 0.4) is 0 Å². The van der Waals surface area contributed by atoms with Crippen LogP contribution in [0, 0.1) is 0 Å². The molecule has 0 bridgehead atoms. The Morgan fingerprint density at radius 1 is 1.67 bits per heavy atom. The number of aliphatic hydroxyl groups is 1. The number of nitrogens with zero attached hydrogens (tertiary/aromatic N) is 1. The Morgan fingerprint density at radius 3 is 2.92 bits per heavy atom. The van der Waals surface area contributed by atoms with Gasteiger partial charge in [-0.05, 0) is 28.8 Å². The van der Waals surface area contributed by atoms with Crippen LogP contribution in [-0.2, 0) is 0 Å². The summed E-state index contributed by atoms with van der Waals surface area (Å²) >= 11 is 4.86. The zero-order chi connectivity index (χ0) is 8.55. The van der Waals surface area contributed by atoms with Gasteiger partial charge in [0, 0.05) is 11.4 Å². The molecule has 0 saturated heterocycles. The molecule has 5 heteroatoms. The monoisotopic (exact) mass is 248 g/mol. The normalized spacial score (nSPS) is 28.2. The summed E-state index contributed by atoms with van der Waals surface area (Å²) in [5.74, 6) is 0. The third-order valence-corrected chi connectivity index (χ3v) is 3.40. The Labute approximate surface area is 83.0 Å². The van der Waals surface area contributed by atoms with Crippen LogP contribution in [0.4, 0.5) is 5.13 Å². The highest BCUT2D eigenvalue weighted by atomic mass is 79.9. The van der Waals surface area contributed by atoms with Gasteiger partial charge in [0.05, 0.1) is 6.10 Å². The second kappa shape index (κ2) is 3.32. The molecule has 0 radical (unpaired) electrons. The molecular formula is C7H9BrN2OS. The lowest BCUT2D eigenvalue weighted by molar-refractivity contribution is 0.0836. The van der Waals surface area contributed by atoms with Crippen molar-refractivity contribution in [3.05, 3.63) is 9.98 Å². The number of aliphatic hydroxyl groups excluding tert-OH is 1. The SMILES string of the molecule is OC1CC(Nc2nc(Br)cs2)C1. The van der Waals surface area contributed by atoms with Gasteiger partial charge in [0.2, 0.25) is 0 Å². The predicted octanol–water partition coefficient (Wildman–Crippen LogP) is 1.84. The molecule has 1 aliphatic rings. The summed E-state index contributed by atoms with van der Waals surface area (Å²) in [6, 6.07) is 0.415. The second-order valence-electron chi connectivity index (χ2n) is 2.94. The Hall–Kier alpha value is -0.130. The van der Waals surface area contributed by atoms with Crippen LogP contribution >= 0.6 is 27.3 Å². The van der Waals surface area contributed by atoms with E-state index in [-0.39, 0.29) is 6.10 Å². The van der Waals surface area contributed by atoms with Crippen LogP contribution in [0.1, 0.15) is 12.8 Å². The molecule has 1 fully saturated rings. The van der Waals surface area contributed by atoms with Crippen LogP contribution in [0.5, 0.6) is 0 Å². The molecule has 1 aliphatic carbocycles. The van der Waals surface area contributed by atoms with Crippen molar-refractivity contribution >= 4 is 32.4 Å². The van der Waals surface area contributed by atoms with Gasteiger partial charge in [-0.25, -0.2) is 4.98 Å². The highest BCUT2D eigenvalue weighted by molar-refractivity contribution is 9.10. The summed E-state index contributed by atoms with van der Waals surface area (Å²) in [7, 11) is 0. The highest BCUT2D eigenvalue weighted by Gasteiger charge is 2.27. The van der Waals surface area contributed by atoms with E-state index in [1.807, 2.05) is 5.38 Å². The van der Waals surface area contributed by atoms with Gasteiger partial charge in [-0.2, -0.15) is 0 Å². The minimum Gasteiger partial charge on any atom is -0.393 e. The molecule has 12 heavy (non-hydrogen) atoms. The van der Waals surface area contributed by atoms with Gasteiger partial charge in [-0.1, -0.05) is 0 Å². The average Bonchev–Trinajstić information content (AvgIpc) is 2.33. The molecular weight excluding hydrogens is 240 g/mol. The molecule has 2 N–H and O–H groups in total. The first-order valence-corrected chi connectivity index (χ1v) is 5.47. The Kier molecular flexibility index (Phi) is 2.34. The first-order chi connectivity index (χ1) is 5.74. The van der Waals surface area contributed by atoms with Gasteiger partial charge in [-0.15, -0.1) is 11.3 Å². The molecule has 1 aromatic rings. The second-order valence-corrected chi connectivity index (χ2v) is 4.61. The van der Waals surface area contributed by atoms with Gasteiger partial charge < -0.3 is 10.4 Å². The van der Waals surface area contributed by atoms with Crippen LogP contribution in [0.2, 0.25) is 0 Å². The van der Waals surface area contributed by atoms with E-state index >= 15 is 0 Å². The summed E-state index contributed by atoms with van der Waals surface area (Å²) < 4.78 is 0.870. The van der Waals surface area contributed by atoms with Crippen molar-refractivity contribution in [2.24, 2.45) is 0 Å². The molecule has 66 valence electrons. The van der Waals surface area contributed by atoms with Gasteiger partial charge in [0.15, 0.2) is 5.13 Å². The van der Waals surface area contributed by atoms with E-state index in [2.05, 4.69) is 26.2 Å². The molecule has 0 amide bonds. The molecule has 1 aromatic heterocycles. The number of halogens is 1. The van der Waals surface area contributed by atoms with Crippen molar-refractivity contribution in [2.45, 2.75) is 25.0 Å². The Balaban J connectivity index is 1.88. The van der Waals surface area contributed by atoms with E-state index in [4.69, 9.17) is 5.11 Å². The van der Waals surface area contributed by atoms with Gasteiger partial charge in [0.25, 0.3) is 0 Å². The lowest BCUT2D eigenvalue weighted by Gasteiger charge is -2.31. The lowest BCUT2D eigenvalue weighted by Crippen LogP contribution is -2.38. The summed E-state index contributed by atoms with van der Waals surface area (Å²) in [5.41, 5.74) is 0. The molecule has 1 heterocycles. The van der Waals surface area contributed by atoms with Crippen molar-refractivity contribution in [2.75, 3.05) is 5.32 Å². The van der Waals surface area contributed by atoms with Crippen molar-refractivity contribution < 1.29 is 5.11 Å². The largest absolute Gasteiger partial charge is 0.393 e. The van der Waals surface area contributed by atoms with Crippen molar-refractivity contribution in [3.8, 4) is 0 Å². The molecule has 0 spiro atoms. The average molecular weight is 249 g/mol. The maximum Gasteiger partial charge on any atom is 0.183 e. The summed E-state index contributed by atoms with van der Waals surface area (Å²) in [6.07, 6.45) is 1.58. The molecule has 0 atom stereocenters.